The van der Waals surface area contributed by atoms with Gasteiger partial charge >= 0.3 is 0 Å². The Labute approximate surface area is 209 Å². The summed E-state index contributed by atoms with van der Waals surface area (Å²) in [5.41, 5.74) is 4.51. The molecule has 0 amide bonds. The van der Waals surface area contributed by atoms with E-state index in [0.717, 1.165) is 66.7 Å². The van der Waals surface area contributed by atoms with Crippen LogP contribution in [0.2, 0.25) is 0 Å². The van der Waals surface area contributed by atoms with Gasteiger partial charge in [0.1, 0.15) is 10.8 Å². The molecule has 0 bridgehead atoms. The SMILES string of the molecule is c1ccc(-c2cnn(CCN3CCN(Oc4ccc5sc(-c6ccccc6)nc5c4)CC3)c2)cc1. The maximum atomic E-state index is 6.20. The summed E-state index contributed by atoms with van der Waals surface area (Å²) in [6, 6.07) is 26.9. The van der Waals surface area contributed by atoms with Crippen LogP contribution in [0.25, 0.3) is 31.9 Å². The zero-order valence-electron chi connectivity index (χ0n) is 19.5. The molecule has 3 aromatic carbocycles. The van der Waals surface area contributed by atoms with E-state index in [4.69, 9.17) is 9.82 Å². The highest BCUT2D eigenvalue weighted by atomic mass is 32.1. The fourth-order valence-electron chi connectivity index (χ4n) is 4.37. The maximum absolute atomic E-state index is 6.20. The lowest BCUT2D eigenvalue weighted by molar-refractivity contribution is -0.0886. The Bertz CT molecular complexity index is 1390. The van der Waals surface area contributed by atoms with Gasteiger partial charge in [-0.05, 0) is 17.7 Å². The van der Waals surface area contributed by atoms with Crippen molar-refractivity contribution in [3.05, 3.63) is 91.3 Å². The fraction of sp³-hybridized carbons (Fsp3) is 0.214. The average Bonchev–Trinajstić information content (AvgIpc) is 3.57. The quantitative estimate of drug-likeness (QED) is 0.310. The summed E-state index contributed by atoms with van der Waals surface area (Å²) < 4.78 is 3.22. The lowest BCUT2D eigenvalue weighted by Gasteiger charge is -2.33. The van der Waals surface area contributed by atoms with Crippen LogP contribution in [0.15, 0.2) is 91.3 Å². The molecule has 0 unspecified atom stereocenters. The maximum Gasteiger partial charge on any atom is 0.149 e. The van der Waals surface area contributed by atoms with E-state index in [1.54, 1.807) is 11.3 Å². The van der Waals surface area contributed by atoms with E-state index in [9.17, 15) is 0 Å². The first kappa shape index (κ1) is 22.0. The van der Waals surface area contributed by atoms with E-state index in [-0.39, 0.29) is 0 Å². The number of aromatic nitrogens is 3. The van der Waals surface area contributed by atoms with E-state index < -0.39 is 0 Å². The van der Waals surface area contributed by atoms with Crippen LogP contribution >= 0.6 is 11.3 Å². The van der Waals surface area contributed by atoms with Crippen molar-refractivity contribution in [2.75, 3.05) is 32.7 Å². The molecular formula is C28H27N5OS. The highest BCUT2D eigenvalue weighted by Gasteiger charge is 2.19. The Balaban J connectivity index is 1.01. The van der Waals surface area contributed by atoms with E-state index in [1.807, 2.05) is 47.3 Å². The number of thiazole rings is 1. The van der Waals surface area contributed by atoms with Gasteiger partial charge in [0, 0.05) is 56.1 Å². The number of piperazine rings is 1. The van der Waals surface area contributed by atoms with Gasteiger partial charge in [0.15, 0.2) is 0 Å². The Morgan fingerprint density at radius 1 is 0.771 bits per heavy atom. The number of fused-ring (bicyclic) bond motifs is 1. The Kier molecular flexibility index (Phi) is 6.28. The monoisotopic (exact) mass is 481 g/mol. The molecule has 176 valence electrons. The largest absolute Gasteiger partial charge is 0.406 e. The van der Waals surface area contributed by atoms with Gasteiger partial charge in [-0.3, -0.25) is 9.58 Å². The summed E-state index contributed by atoms with van der Waals surface area (Å²) in [6.07, 6.45) is 4.08. The molecule has 0 saturated carbocycles. The summed E-state index contributed by atoms with van der Waals surface area (Å²) in [5.74, 6) is 0.848. The van der Waals surface area contributed by atoms with Gasteiger partial charge in [0.2, 0.25) is 0 Å². The minimum atomic E-state index is 0.848. The number of hydroxylamine groups is 2. The van der Waals surface area contributed by atoms with Gasteiger partial charge in [0.25, 0.3) is 0 Å². The lowest BCUT2D eigenvalue weighted by atomic mass is 10.1. The molecule has 0 radical (unpaired) electrons. The highest BCUT2D eigenvalue weighted by Crippen LogP contribution is 2.32. The first-order chi connectivity index (χ1) is 17.3. The van der Waals surface area contributed by atoms with Gasteiger partial charge in [0.05, 0.1) is 23.0 Å². The van der Waals surface area contributed by atoms with Gasteiger partial charge in [-0.1, -0.05) is 60.7 Å². The van der Waals surface area contributed by atoms with Crippen molar-refractivity contribution in [2.24, 2.45) is 0 Å². The normalized spacial score (nSPS) is 15.0. The molecule has 0 N–H and O–H groups in total. The lowest BCUT2D eigenvalue weighted by Crippen LogP contribution is -2.48. The van der Waals surface area contributed by atoms with Crippen LogP contribution in [0.1, 0.15) is 0 Å². The topological polar surface area (TPSA) is 46.4 Å². The van der Waals surface area contributed by atoms with Crippen LogP contribution in [0.3, 0.4) is 0 Å². The summed E-state index contributed by atoms with van der Waals surface area (Å²) in [5, 5.41) is 7.64. The van der Waals surface area contributed by atoms with Crippen LogP contribution < -0.4 is 4.84 Å². The molecule has 1 saturated heterocycles. The standard InChI is InChI=1S/C28H27N5OS/c1-3-7-22(8-4-1)24-20-29-32(21-24)16-13-31-14-17-33(18-15-31)34-25-11-12-27-26(19-25)30-28(35-27)23-9-5-2-6-10-23/h1-12,19-21H,13-18H2. The molecule has 35 heavy (non-hydrogen) atoms. The van der Waals surface area contributed by atoms with Crippen molar-refractivity contribution in [1.82, 2.24) is 24.7 Å². The van der Waals surface area contributed by atoms with E-state index in [0.29, 0.717) is 0 Å². The van der Waals surface area contributed by atoms with Crippen molar-refractivity contribution >= 4 is 21.6 Å². The average molecular weight is 482 g/mol. The second kappa shape index (κ2) is 10.00. The first-order valence-electron chi connectivity index (χ1n) is 12.0. The molecule has 0 atom stereocenters. The van der Waals surface area contributed by atoms with Gasteiger partial charge in [-0.2, -0.15) is 5.10 Å². The molecule has 3 heterocycles. The van der Waals surface area contributed by atoms with E-state index >= 15 is 0 Å². The number of rotatable bonds is 7. The third-order valence-corrected chi connectivity index (χ3v) is 7.42. The first-order valence-corrected chi connectivity index (χ1v) is 12.8. The Hall–Kier alpha value is -3.52. The molecule has 0 spiro atoms. The molecule has 5 aromatic rings. The number of hydrogen-bond donors (Lipinski definition) is 0. The molecule has 1 fully saturated rings. The molecule has 6 rings (SSSR count). The van der Waals surface area contributed by atoms with Crippen molar-refractivity contribution in [3.63, 3.8) is 0 Å². The zero-order chi connectivity index (χ0) is 23.5. The predicted molar refractivity (Wildman–Crippen MR) is 141 cm³/mol. The molecular weight excluding hydrogens is 454 g/mol. The van der Waals surface area contributed by atoms with Gasteiger partial charge in [-0.25, -0.2) is 4.98 Å². The Morgan fingerprint density at radius 2 is 1.51 bits per heavy atom. The second-order valence-electron chi connectivity index (χ2n) is 8.73. The van der Waals surface area contributed by atoms with Gasteiger partial charge in [-0.15, -0.1) is 16.4 Å². The van der Waals surface area contributed by atoms with E-state index in [2.05, 4.69) is 63.7 Å². The molecule has 0 aliphatic carbocycles. The van der Waals surface area contributed by atoms with E-state index in [1.165, 1.54) is 10.3 Å². The number of benzene rings is 3. The van der Waals surface area contributed by atoms with Crippen molar-refractivity contribution in [1.29, 1.82) is 0 Å². The summed E-state index contributed by atoms with van der Waals surface area (Å²) >= 11 is 1.72. The smallest absolute Gasteiger partial charge is 0.149 e. The van der Waals surface area contributed by atoms with Crippen LogP contribution in [-0.4, -0.2) is 57.5 Å². The fourth-order valence-corrected chi connectivity index (χ4v) is 5.32. The van der Waals surface area contributed by atoms with Crippen molar-refractivity contribution in [3.8, 4) is 27.4 Å². The molecule has 7 heteroatoms. The molecule has 6 nitrogen and oxygen atoms in total. The minimum Gasteiger partial charge on any atom is -0.406 e. The van der Waals surface area contributed by atoms with Crippen LogP contribution in [-0.2, 0) is 6.54 Å². The molecule has 1 aliphatic heterocycles. The number of hydrogen-bond acceptors (Lipinski definition) is 6. The van der Waals surface area contributed by atoms with Crippen LogP contribution in [0.5, 0.6) is 5.75 Å². The number of nitrogens with zero attached hydrogens (tertiary/aromatic N) is 5. The predicted octanol–water partition coefficient (Wildman–Crippen LogP) is 5.44. The summed E-state index contributed by atoms with van der Waals surface area (Å²) in [6.45, 7) is 5.57. The van der Waals surface area contributed by atoms with Gasteiger partial charge < -0.3 is 4.84 Å². The minimum absolute atomic E-state index is 0.848. The van der Waals surface area contributed by atoms with Crippen LogP contribution in [0, 0.1) is 0 Å². The second-order valence-corrected chi connectivity index (χ2v) is 9.77. The van der Waals surface area contributed by atoms with Crippen molar-refractivity contribution in [2.45, 2.75) is 6.54 Å². The zero-order valence-corrected chi connectivity index (χ0v) is 20.3. The van der Waals surface area contributed by atoms with Crippen molar-refractivity contribution < 1.29 is 4.84 Å². The third-order valence-electron chi connectivity index (χ3n) is 6.33. The van der Waals surface area contributed by atoms with Crippen LogP contribution in [0.4, 0.5) is 0 Å². The molecule has 1 aliphatic rings. The highest BCUT2D eigenvalue weighted by molar-refractivity contribution is 7.21. The summed E-state index contributed by atoms with van der Waals surface area (Å²) in [4.78, 5) is 13.5. The third kappa shape index (κ3) is 5.12. The Morgan fingerprint density at radius 3 is 2.29 bits per heavy atom. The molecule has 2 aromatic heterocycles. The summed E-state index contributed by atoms with van der Waals surface area (Å²) in [7, 11) is 0.